The van der Waals surface area contributed by atoms with Crippen LogP contribution in [0.3, 0.4) is 0 Å². The molecular weight excluding hydrogens is 454 g/mol. The average Bonchev–Trinajstić information content (AvgIpc) is 2.91. The summed E-state index contributed by atoms with van der Waals surface area (Å²) in [6, 6.07) is 23.0. The highest BCUT2D eigenvalue weighted by atomic mass is 16.2. The second-order valence-electron chi connectivity index (χ2n) is 9.27. The van der Waals surface area contributed by atoms with Crippen LogP contribution < -0.4 is 15.5 Å². The molecular formula is C28H31N5O3. The molecule has 186 valence electrons. The molecule has 2 N–H and O–H groups in total. The van der Waals surface area contributed by atoms with Crippen molar-refractivity contribution in [2.75, 3.05) is 56.0 Å². The van der Waals surface area contributed by atoms with Crippen molar-refractivity contribution in [3.63, 3.8) is 0 Å². The zero-order valence-electron chi connectivity index (χ0n) is 20.2. The van der Waals surface area contributed by atoms with Gasteiger partial charge in [-0.25, -0.2) is 0 Å². The number of carbonyl (C=O) groups excluding carboxylic acids is 3. The lowest BCUT2D eigenvalue weighted by Gasteiger charge is -2.39. The van der Waals surface area contributed by atoms with Crippen molar-refractivity contribution >= 4 is 39.9 Å². The summed E-state index contributed by atoms with van der Waals surface area (Å²) in [5, 5.41) is 7.71. The van der Waals surface area contributed by atoms with Crippen LogP contribution in [-0.4, -0.2) is 79.4 Å². The van der Waals surface area contributed by atoms with Crippen LogP contribution in [0, 0.1) is 0 Å². The molecule has 2 saturated heterocycles. The van der Waals surface area contributed by atoms with Gasteiger partial charge in [-0.2, -0.15) is 0 Å². The van der Waals surface area contributed by atoms with Gasteiger partial charge < -0.3 is 20.4 Å². The maximum Gasteiger partial charge on any atom is 0.243 e. The summed E-state index contributed by atoms with van der Waals surface area (Å²) in [7, 11) is 0. The van der Waals surface area contributed by atoms with Gasteiger partial charge in [0, 0.05) is 56.0 Å². The number of anilines is 2. The normalized spacial score (nSPS) is 18.7. The predicted molar refractivity (Wildman–Crippen MR) is 141 cm³/mol. The van der Waals surface area contributed by atoms with E-state index in [9.17, 15) is 14.4 Å². The summed E-state index contributed by atoms with van der Waals surface area (Å²) >= 11 is 0. The molecule has 1 atom stereocenters. The number of nitrogens with zero attached hydrogens (tertiary/aromatic N) is 3. The van der Waals surface area contributed by atoms with Crippen LogP contribution in [0.1, 0.15) is 6.42 Å². The van der Waals surface area contributed by atoms with E-state index in [0.29, 0.717) is 18.8 Å². The lowest BCUT2D eigenvalue weighted by Crippen LogP contribution is -2.60. The van der Waals surface area contributed by atoms with E-state index in [1.165, 1.54) is 5.69 Å². The molecule has 2 aliphatic heterocycles. The Hall–Kier alpha value is -3.91. The second kappa shape index (κ2) is 10.8. The lowest BCUT2D eigenvalue weighted by molar-refractivity contribution is -0.145. The maximum absolute atomic E-state index is 13.2. The second-order valence-corrected chi connectivity index (χ2v) is 9.27. The van der Waals surface area contributed by atoms with Crippen molar-refractivity contribution < 1.29 is 14.4 Å². The van der Waals surface area contributed by atoms with E-state index in [-0.39, 0.29) is 30.7 Å². The quantitative estimate of drug-likeness (QED) is 0.560. The van der Waals surface area contributed by atoms with Crippen LogP contribution in [-0.2, 0) is 14.4 Å². The number of rotatable bonds is 6. The summed E-state index contributed by atoms with van der Waals surface area (Å²) in [6.45, 7) is 4.27. The molecule has 3 amide bonds. The Morgan fingerprint density at radius 3 is 2.39 bits per heavy atom. The Morgan fingerprint density at radius 1 is 0.861 bits per heavy atom. The van der Waals surface area contributed by atoms with Gasteiger partial charge in [0.15, 0.2) is 0 Å². The Balaban J connectivity index is 1.20. The summed E-state index contributed by atoms with van der Waals surface area (Å²) in [5.74, 6) is -0.680. The maximum atomic E-state index is 13.2. The summed E-state index contributed by atoms with van der Waals surface area (Å²) in [4.78, 5) is 44.9. The fourth-order valence-electron chi connectivity index (χ4n) is 5.01. The fraction of sp³-hybridized carbons (Fsp3) is 0.321. The molecule has 5 rings (SSSR count). The molecule has 8 heteroatoms. The van der Waals surface area contributed by atoms with Gasteiger partial charge in [-0.05, 0) is 23.6 Å². The van der Waals surface area contributed by atoms with Gasteiger partial charge in [-0.1, -0.05) is 54.6 Å². The minimum absolute atomic E-state index is 0.0808. The standard InChI is InChI=1S/C28H31N5O3/c34-26(30-24-12-6-8-21-7-4-5-11-23(21)24)19-25-28(36)29-13-14-33(25)27(35)20-31-15-17-32(18-16-31)22-9-2-1-3-10-22/h1-12,25H,13-20H2,(H,29,36)(H,30,34)/t25-/m1/s1. The lowest BCUT2D eigenvalue weighted by atomic mass is 10.1. The highest BCUT2D eigenvalue weighted by Gasteiger charge is 2.35. The van der Waals surface area contributed by atoms with E-state index < -0.39 is 6.04 Å². The number of benzene rings is 3. The highest BCUT2D eigenvalue weighted by molar-refractivity contribution is 6.04. The van der Waals surface area contributed by atoms with Gasteiger partial charge in [-0.3, -0.25) is 19.3 Å². The molecule has 0 radical (unpaired) electrons. The largest absolute Gasteiger partial charge is 0.369 e. The van der Waals surface area contributed by atoms with Crippen LogP contribution in [0.25, 0.3) is 10.8 Å². The summed E-state index contributed by atoms with van der Waals surface area (Å²) < 4.78 is 0. The average molecular weight is 486 g/mol. The van der Waals surface area contributed by atoms with Gasteiger partial charge in [0.2, 0.25) is 17.7 Å². The molecule has 36 heavy (non-hydrogen) atoms. The monoisotopic (exact) mass is 485 g/mol. The molecule has 0 unspecified atom stereocenters. The first-order chi connectivity index (χ1) is 17.6. The van der Waals surface area contributed by atoms with E-state index in [1.54, 1.807) is 4.90 Å². The van der Waals surface area contributed by atoms with E-state index in [4.69, 9.17) is 0 Å². The van der Waals surface area contributed by atoms with Crippen LogP contribution in [0.15, 0.2) is 72.8 Å². The van der Waals surface area contributed by atoms with Crippen molar-refractivity contribution in [1.82, 2.24) is 15.1 Å². The minimum Gasteiger partial charge on any atom is -0.369 e. The van der Waals surface area contributed by atoms with E-state index in [1.807, 2.05) is 60.7 Å². The predicted octanol–water partition coefficient (Wildman–Crippen LogP) is 2.32. The first-order valence-corrected chi connectivity index (χ1v) is 12.5. The molecule has 8 nitrogen and oxygen atoms in total. The molecule has 3 aromatic rings. The molecule has 0 saturated carbocycles. The summed E-state index contributed by atoms with van der Waals surface area (Å²) in [5.41, 5.74) is 1.89. The Kier molecular flexibility index (Phi) is 7.13. The van der Waals surface area contributed by atoms with Crippen molar-refractivity contribution in [2.45, 2.75) is 12.5 Å². The minimum atomic E-state index is -0.813. The van der Waals surface area contributed by atoms with Gasteiger partial charge in [-0.15, -0.1) is 0 Å². The van der Waals surface area contributed by atoms with Crippen LogP contribution >= 0.6 is 0 Å². The molecule has 2 heterocycles. The van der Waals surface area contributed by atoms with Gasteiger partial charge >= 0.3 is 0 Å². The van der Waals surface area contributed by atoms with Crippen molar-refractivity contribution in [3.05, 3.63) is 72.8 Å². The van der Waals surface area contributed by atoms with Crippen molar-refractivity contribution in [1.29, 1.82) is 0 Å². The van der Waals surface area contributed by atoms with Gasteiger partial charge in [0.25, 0.3) is 0 Å². The SMILES string of the molecule is O=C(C[C@@H]1C(=O)NCCN1C(=O)CN1CCN(c2ccccc2)CC1)Nc1cccc2ccccc12. The smallest absolute Gasteiger partial charge is 0.243 e. The number of carbonyl (C=O) groups is 3. The molecule has 0 bridgehead atoms. The number of hydrogen-bond donors (Lipinski definition) is 2. The third-order valence-electron chi connectivity index (χ3n) is 6.95. The number of amides is 3. The first-order valence-electron chi connectivity index (χ1n) is 12.5. The zero-order chi connectivity index (χ0) is 24.9. The van der Waals surface area contributed by atoms with Gasteiger partial charge in [0.1, 0.15) is 6.04 Å². The number of nitrogens with one attached hydrogen (secondary N) is 2. The number of piperazine rings is 2. The number of para-hydroxylation sites is 1. The Morgan fingerprint density at radius 2 is 1.58 bits per heavy atom. The van der Waals surface area contributed by atoms with Crippen molar-refractivity contribution in [2.24, 2.45) is 0 Å². The topological polar surface area (TPSA) is 85.0 Å². The Bertz CT molecular complexity index is 1230. The van der Waals surface area contributed by atoms with Gasteiger partial charge in [0.05, 0.1) is 13.0 Å². The van der Waals surface area contributed by atoms with Crippen LogP contribution in [0.5, 0.6) is 0 Å². The zero-order valence-corrected chi connectivity index (χ0v) is 20.2. The molecule has 3 aromatic carbocycles. The summed E-state index contributed by atoms with van der Waals surface area (Å²) in [6.07, 6.45) is -0.0808. The molecule has 2 fully saturated rings. The molecule has 0 spiro atoms. The number of fused-ring (bicyclic) bond motifs is 1. The molecule has 2 aliphatic rings. The van der Waals surface area contributed by atoms with E-state index in [0.717, 1.165) is 37.0 Å². The number of hydrogen-bond acceptors (Lipinski definition) is 5. The third kappa shape index (κ3) is 5.33. The van der Waals surface area contributed by atoms with Crippen LogP contribution in [0.4, 0.5) is 11.4 Å². The van der Waals surface area contributed by atoms with E-state index >= 15 is 0 Å². The van der Waals surface area contributed by atoms with E-state index in [2.05, 4.69) is 32.6 Å². The molecule has 0 aromatic heterocycles. The van der Waals surface area contributed by atoms with Crippen molar-refractivity contribution in [3.8, 4) is 0 Å². The molecule has 0 aliphatic carbocycles. The fourth-order valence-corrected chi connectivity index (χ4v) is 5.01. The Labute approximate surface area is 210 Å². The highest BCUT2D eigenvalue weighted by Crippen LogP contribution is 2.23. The first kappa shape index (κ1) is 23.8. The third-order valence-corrected chi connectivity index (χ3v) is 6.95. The van der Waals surface area contributed by atoms with Crippen LogP contribution in [0.2, 0.25) is 0 Å².